The maximum absolute atomic E-state index is 12.4. The number of carbonyl (C=O) groups excluding carboxylic acids is 1. The molecule has 2 aromatic rings. The molecule has 7 nitrogen and oxygen atoms in total. The van der Waals surface area contributed by atoms with E-state index >= 15 is 0 Å². The van der Waals surface area contributed by atoms with E-state index in [1.54, 1.807) is 29.2 Å². The first-order valence-electron chi connectivity index (χ1n) is 7.72. The number of aromatic nitrogens is 2. The van der Waals surface area contributed by atoms with Crippen LogP contribution in [0, 0.1) is 0 Å². The molecule has 1 fully saturated rings. The molecule has 24 heavy (non-hydrogen) atoms. The number of hydrogen-bond acceptors (Lipinski definition) is 6. The number of aliphatic hydroxyl groups excluding tert-OH is 1. The number of methoxy groups -OCH3 is 1. The summed E-state index contributed by atoms with van der Waals surface area (Å²) in [7, 11) is 1.50. The zero-order valence-electron chi connectivity index (χ0n) is 13.3. The Kier molecular flexibility index (Phi) is 4.90. The molecule has 2 atom stereocenters. The third-order valence-electron chi connectivity index (χ3n) is 3.91. The van der Waals surface area contributed by atoms with Gasteiger partial charge in [0.05, 0.1) is 13.7 Å². The fourth-order valence-corrected chi connectivity index (χ4v) is 2.67. The third kappa shape index (κ3) is 3.46. The standard InChI is InChI=1S/C17H19N3O4/c1-23-15-16(19-9-8-18-15)24-13-7-10-20(11-13)17(22)14(21)12-5-3-2-4-6-12/h2-6,8-9,13-14,21H,7,10-11H2,1H3. The van der Waals surface area contributed by atoms with Gasteiger partial charge in [-0.15, -0.1) is 0 Å². The maximum Gasteiger partial charge on any atom is 0.278 e. The first kappa shape index (κ1) is 16.2. The number of benzene rings is 1. The SMILES string of the molecule is COc1nccnc1OC1CCN(C(=O)C(O)c2ccccc2)C1. The second-order valence-corrected chi connectivity index (χ2v) is 5.50. The van der Waals surface area contributed by atoms with Crippen LogP contribution < -0.4 is 9.47 Å². The lowest BCUT2D eigenvalue weighted by molar-refractivity contribution is -0.139. The van der Waals surface area contributed by atoms with Gasteiger partial charge in [-0.3, -0.25) is 4.79 Å². The minimum absolute atomic E-state index is 0.206. The second-order valence-electron chi connectivity index (χ2n) is 5.50. The van der Waals surface area contributed by atoms with Gasteiger partial charge in [-0.25, -0.2) is 9.97 Å². The first-order chi connectivity index (χ1) is 11.7. The van der Waals surface area contributed by atoms with E-state index in [4.69, 9.17) is 9.47 Å². The molecule has 0 saturated carbocycles. The molecule has 1 aliphatic rings. The predicted molar refractivity (Wildman–Crippen MR) is 85.6 cm³/mol. The normalized spacial score (nSPS) is 18.2. The molecule has 1 N–H and O–H groups in total. The molecule has 0 radical (unpaired) electrons. The van der Waals surface area contributed by atoms with Gasteiger partial charge in [0.1, 0.15) is 6.10 Å². The van der Waals surface area contributed by atoms with E-state index in [-0.39, 0.29) is 12.0 Å². The number of aliphatic hydroxyl groups is 1. The smallest absolute Gasteiger partial charge is 0.278 e. The highest BCUT2D eigenvalue weighted by atomic mass is 16.5. The Hall–Kier alpha value is -2.67. The summed E-state index contributed by atoms with van der Waals surface area (Å²) in [5, 5.41) is 10.2. The van der Waals surface area contributed by atoms with Crippen LogP contribution in [0.15, 0.2) is 42.7 Å². The average molecular weight is 329 g/mol. The molecule has 0 aliphatic carbocycles. The lowest BCUT2D eigenvalue weighted by atomic mass is 10.1. The Morgan fingerprint density at radius 3 is 2.67 bits per heavy atom. The molecular weight excluding hydrogens is 310 g/mol. The summed E-state index contributed by atoms with van der Waals surface area (Å²) in [5.74, 6) is 0.299. The molecule has 1 amide bonds. The fourth-order valence-electron chi connectivity index (χ4n) is 2.67. The second kappa shape index (κ2) is 7.27. The fraction of sp³-hybridized carbons (Fsp3) is 0.353. The molecule has 0 bridgehead atoms. The van der Waals surface area contributed by atoms with Gasteiger partial charge in [-0.1, -0.05) is 30.3 Å². The van der Waals surface area contributed by atoms with Crippen molar-refractivity contribution in [2.45, 2.75) is 18.6 Å². The Bertz CT molecular complexity index is 695. The van der Waals surface area contributed by atoms with Crippen molar-refractivity contribution < 1.29 is 19.4 Å². The summed E-state index contributed by atoms with van der Waals surface area (Å²) in [6.45, 7) is 0.915. The third-order valence-corrected chi connectivity index (χ3v) is 3.91. The zero-order chi connectivity index (χ0) is 16.9. The lowest BCUT2D eigenvalue weighted by Crippen LogP contribution is -2.34. The van der Waals surface area contributed by atoms with Crippen LogP contribution in [0.5, 0.6) is 11.8 Å². The highest BCUT2D eigenvalue weighted by molar-refractivity contribution is 5.82. The zero-order valence-corrected chi connectivity index (χ0v) is 13.3. The number of nitrogens with zero attached hydrogens (tertiary/aromatic N) is 3. The molecule has 2 unspecified atom stereocenters. The van der Waals surface area contributed by atoms with Gasteiger partial charge >= 0.3 is 0 Å². The number of rotatable bonds is 5. The van der Waals surface area contributed by atoms with Gasteiger partial charge in [0.25, 0.3) is 17.7 Å². The molecule has 3 rings (SSSR count). The molecular formula is C17H19N3O4. The molecule has 1 aromatic heterocycles. The number of carbonyl (C=O) groups is 1. The van der Waals surface area contributed by atoms with Crippen molar-refractivity contribution in [1.82, 2.24) is 14.9 Å². The molecule has 2 heterocycles. The van der Waals surface area contributed by atoms with Gasteiger partial charge in [-0.05, 0) is 5.56 Å². The van der Waals surface area contributed by atoms with Crippen LogP contribution in [0.3, 0.4) is 0 Å². The maximum atomic E-state index is 12.4. The van der Waals surface area contributed by atoms with Crippen LogP contribution in [0.25, 0.3) is 0 Å². The summed E-state index contributed by atoms with van der Waals surface area (Å²) in [6, 6.07) is 8.90. The Morgan fingerprint density at radius 1 is 1.25 bits per heavy atom. The Balaban J connectivity index is 1.62. The quantitative estimate of drug-likeness (QED) is 0.887. The van der Waals surface area contributed by atoms with Gasteiger partial charge in [0.2, 0.25) is 0 Å². The summed E-state index contributed by atoms with van der Waals surface area (Å²) >= 11 is 0. The van der Waals surface area contributed by atoms with Crippen LogP contribution in [-0.4, -0.2) is 52.2 Å². The van der Waals surface area contributed by atoms with Gasteiger partial charge < -0.3 is 19.5 Å². The number of likely N-dealkylation sites (tertiary alicyclic amines) is 1. The summed E-state index contributed by atoms with van der Waals surface area (Å²) in [6.07, 6.45) is 2.34. The van der Waals surface area contributed by atoms with E-state index in [1.807, 2.05) is 6.07 Å². The highest BCUT2D eigenvalue weighted by Crippen LogP contribution is 2.25. The monoisotopic (exact) mass is 329 g/mol. The number of ether oxygens (including phenoxy) is 2. The van der Waals surface area contributed by atoms with Crippen molar-refractivity contribution in [3.63, 3.8) is 0 Å². The number of amides is 1. The minimum Gasteiger partial charge on any atom is -0.477 e. The van der Waals surface area contributed by atoms with Crippen LogP contribution in [0.1, 0.15) is 18.1 Å². The number of hydrogen-bond donors (Lipinski definition) is 1. The minimum atomic E-state index is -1.16. The molecule has 1 saturated heterocycles. The summed E-state index contributed by atoms with van der Waals surface area (Å²) < 4.78 is 10.9. The lowest BCUT2D eigenvalue weighted by Gasteiger charge is -2.20. The van der Waals surface area contributed by atoms with Crippen molar-refractivity contribution in [2.24, 2.45) is 0 Å². The van der Waals surface area contributed by atoms with E-state index in [2.05, 4.69) is 9.97 Å². The van der Waals surface area contributed by atoms with Crippen molar-refractivity contribution >= 4 is 5.91 Å². The predicted octanol–water partition coefficient (Wildman–Crippen LogP) is 1.20. The van der Waals surface area contributed by atoms with E-state index < -0.39 is 6.10 Å². The van der Waals surface area contributed by atoms with Crippen molar-refractivity contribution in [3.05, 3.63) is 48.3 Å². The average Bonchev–Trinajstić information content (AvgIpc) is 3.10. The van der Waals surface area contributed by atoms with Crippen molar-refractivity contribution in [3.8, 4) is 11.8 Å². The van der Waals surface area contributed by atoms with E-state index in [1.165, 1.54) is 19.5 Å². The molecule has 1 aromatic carbocycles. The largest absolute Gasteiger partial charge is 0.477 e. The van der Waals surface area contributed by atoms with E-state index in [0.717, 1.165) is 0 Å². The summed E-state index contributed by atoms with van der Waals surface area (Å²) in [4.78, 5) is 22.2. The molecule has 7 heteroatoms. The van der Waals surface area contributed by atoms with Crippen molar-refractivity contribution in [2.75, 3.05) is 20.2 Å². The molecule has 0 spiro atoms. The van der Waals surface area contributed by atoms with E-state index in [0.29, 0.717) is 36.8 Å². The Labute approximate surface area is 139 Å². The van der Waals surface area contributed by atoms with Crippen LogP contribution in [0.2, 0.25) is 0 Å². The topological polar surface area (TPSA) is 84.8 Å². The van der Waals surface area contributed by atoms with Gasteiger partial charge in [0, 0.05) is 25.4 Å². The summed E-state index contributed by atoms with van der Waals surface area (Å²) in [5.41, 5.74) is 0.586. The van der Waals surface area contributed by atoms with Crippen LogP contribution in [0.4, 0.5) is 0 Å². The van der Waals surface area contributed by atoms with E-state index in [9.17, 15) is 9.90 Å². The first-order valence-corrected chi connectivity index (χ1v) is 7.72. The Morgan fingerprint density at radius 2 is 1.96 bits per heavy atom. The van der Waals surface area contributed by atoms with Crippen LogP contribution in [-0.2, 0) is 4.79 Å². The highest BCUT2D eigenvalue weighted by Gasteiger charge is 2.32. The molecule has 1 aliphatic heterocycles. The van der Waals surface area contributed by atoms with Crippen molar-refractivity contribution in [1.29, 1.82) is 0 Å². The molecule has 126 valence electrons. The van der Waals surface area contributed by atoms with Crippen LogP contribution >= 0.6 is 0 Å². The van der Waals surface area contributed by atoms with Gasteiger partial charge in [0.15, 0.2) is 6.10 Å². The van der Waals surface area contributed by atoms with Gasteiger partial charge in [-0.2, -0.15) is 0 Å².